The highest BCUT2D eigenvalue weighted by atomic mass is 19.4. The molecule has 0 unspecified atom stereocenters. The molecule has 178 valence electrons. The van der Waals surface area contributed by atoms with Crippen molar-refractivity contribution in [2.75, 3.05) is 26.2 Å². The molecule has 0 amide bonds. The zero-order chi connectivity index (χ0) is 22.2. The van der Waals surface area contributed by atoms with Gasteiger partial charge < -0.3 is 4.48 Å². The SMILES string of the molecule is CCCCCC[N+](CCCCCC)(CCCCCC)CCCCCC.FC(F)F. The molecule has 0 aromatic heterocycles. The normalized spacial score (nSPS) is 11.6. The molecule has 0 atom stereocenters. The lowest BCUT2D eigenvalue weighted by Crippen LogP contribution is -2.50. The summed E-state index contributed by atoms with van der Waals surface area (Å²) in [5.41, 5.74) is 0. The van der Waals surface area contributed by atoms with Crippen molar-refractivity contribution in [3.63, 3.8) is 0 Å². The molecule has 0 fully saturated rings. The fourth-order valence-electron chi connectivity index (χ4n) is 4.17. The second-order valence-electron chi connectivity index (χ2n) is 8.73. The predicted molar refractivity (Wildman–Crippen MR) is 123 cm³/mol. The summed E-state index contributed by atoms with van der Waals surface area (Å²) in [6.45, 7) is 11.5. The summed E-state index contributed by atoms with van der Waals surface area (Å²) >= 11 is 0. The Morgan fingerprint density at radius 2 is 0.621 bits per heavy atom. The van der Waals surface area contributed by atoms with Crippen LogP contribution >= 0.6 is 0 Å². The summed E-state index contributed by atoms with van der Waals surface area (Å²) in [6, 6.07) is 0. The first-order valence-electron chi connectivity index (χ1n) is 12.7. The van der Waals surface area contributed by atoms with Crippen LogP contribution in [-0.2, 0) is 0 Å². The minimum absolute atomic E-state index is 1.36. The minimum Gasteiger partial charge on any atom is -0.324 e. The standard InChI is InChI=1S/C24H52N.CHF3/c1-5-9-13-17-21-25(22-18-14-10-6-2,23-19-15-11-7-3)24-20-16-12-8-4;2-1(3)4/h5-24H2,1-4H3;1H/q+1;. The van der Waals surface area contributed by atoms with Crippen molar-refractivity contribution < 1.29 is 17.7 Å². The molecule has 0 N–H and O–H groups in total. The molecule has 0 aliphatic heterocycles. The summed E-state index contributed by atoms with van der Waals surface area (Å²) in [4.78, 5) is 0. The van der Waals surface area contributed by atoms with E-state index < -0.39 is 6.68 Å². The summed E-state index contributed by atoms with van der Waals surface area (Å²) in [5, 5.41) is 0. The van der Waals surface area contributed by atoms with Crippen LogP contribution in [-0.4, -0.2) is 37.3 Å². The van der Waals surface area contributed by atoms with Gasteiger partial charge in [-0.2, -0.15) is 13.2 Å². The topological polar surface area (TPSA) is 0 Å². The van der Waals surface area contributed by atoms with Crippen LogP contribution in [0.4, 0.5) is 13.2 Å². The molecule has 0 aromatic rings. The number of halogens is 3. The molecule has 29 heavy (non-hydrogen) atoms. The Morgan fingerprint density at radius 3 is 0.793 bits per heavy atom. The van der Waals surface area contributed by atoms with E-state index in [1.807, 2.05) is 0 Å². The van der Waals surface area contributed by atoms with Gasteiger partial charge in [-0.05, 0) is 51.4 Å². The molecule has 0 aliphatic rings. The molecule has 0 radical (unpaired) electrons. The van der Waals surface area contributed by atoms with Crippen molar-refractivity contribution in [2.24, 2.45) is 0 Å². The van der Waals surface area contributed by atoms with E-state index in [0.717, 1.165) is 0 Å². The third-order valence-corrected chi connectivity index (χ3v) is 5.94. The fourth-order valence-corrected chi connectivity index (χ4v) is 4.17. The van der Waals surface area contributed by atoms with E-state index in [1.165, 1.54) is 133 Å². The summed E-state index contributed by atoms with van der Waals surface area (Å²) in [6.07, 6.45) is 22.8. The van der Waals surface area contributed by atoms with E-state index in [0.29, 0.717) is 0 Å². The van der Waals surface area contributed by atoms with Gasteiger partial charge >= 0.3 is 6.68 Å². The van der Waals surface area contributed by atoms with Crippen molar-refractivity contribution in [3.8, 4) is 0 Å². The molecule has 1 nitrogen and oxygen atoms in total. The second-order valence-corrected chi connectivity index (χ2v) is 8.73. The average molecular weight is 425 g/mol. The Morgan fingerprint density at radius 1 is 0.414 bits per heavy atom. The third kappa shape index (κ3) is 23.9. The largest absolute Gasteiger partial charge is 0.379 e. The Labute approximate surface area is 181 Å². The van der Waals surface area contributed by atoms with Gasteiger partial charge in [0, 0.05) is 0 Å². The van der Waals surface area contributed by atoms with Crippen molar-refractivity contribution in [3.05, 3.63) is 0 Å². The van der Waals surface area contributed by atoms with Crippen molar-refractivity contribution in [2.45, 2.75) is 137 Å². The zero-order valence-electron chi connectivity index (χ0n) is 20.3. The number of quaternary nitrogens is 1. The molecular formula is C25H53F3N+. The lowest BCUT2D eigenvalue weighted by molar-refractivity contribution is -0.929. The lowest BCUT2D eigenvalue weighted by Gasteiger charge is -2.39. The predicted octanol–water partition coefficient (Wildman–Crippen LogP) is 9.30. The molecule has 0 rings (SSSR count). The molecule has 0 aromatic carbocycles. The van der Waals surface area contributed by atoms with Gasteiger partial charge in [0.15, 0.2) is 0 Å². The molecule has 0 saturated carbocycles. The number of alkyl halides is 3. The van der Waals surface area contributed by atoms with Gasteiger partial charge in [0.05, 0.1) is 26.2 Å². The fraction of sp³-hybridized carbons (Fsp3) is 1.00. The van der Waals surface area contributed by atoms with Gasteiger partial charge in [-0.3, -0.25) is 0 Å². The van der Waals surface area contributed by atoms with Gasteiger partial charge in [-0.15, -0.1) is 0 Å². The lowest BCUT2D eigenvalue weighted by atomic mass is 10.1. The molecule has 0 spiro atoms. The highest BCUT2D eigenvalue weighted by Gasteiger charge is 2.25. The van der Waals surface area contributed by atoms with E-state index in [-0.39, 0.29) is 0 Å². The van der Waals surface area contributed by atoms with E-state index in [1.54, 1.807) is 0 Å². The Balaban J connectivity index is 0. The Kier molecular flexibility index (Phi) is 25.6. The Hall–Kier alpha value is -0.250. The van der Waals surface area contributed by atoms with E-state index in [9.17, 15) is 13.2 Å². The van der Waals surface area contributed by atoms with Crippen LogP contribution in [0, 0.1) is 0 Å². The highest BCUT2D eigenvalue weighted by Crippen LogP contribution is 2.19. The zero-order valence-corrected chi connectivity index (χ0v) is 20.3. The molecule has 4 heteroatoms. The number of rotatable bonds is 20. The van der Waals surface area contributed by atoms with Crippen molar-refractivity contribution in [1.29, 1.82) is 0 Å². The number of hydrogen-bond donors (Lipinski definition) is 0. The number of unbranched alkanes of at least 4 members (excludes halogenated alkanes) is 12. The first-order chi connectivity index (χ1) is 14.0. The van der Waals surface area contributed by atoms with E-state index >= 15 is 0 Å². The molecule has 0 bridgehead atoms. The summed E-state index contributed by atoms with van der Waals surface area (Å²) in [5.74, 6) is 0. The van der Waals surface area contributed by atoms with Crippen LogP contribution in [0.1, 0.15) is 130 Å². The summed E-state index contributed by atoms with van der Waals surface area (Å²) in [7, 11) is 0. The average Bonchev–Trinajstić information content (AvgIpc) is 2.69. The third-order valence-electron chi connectivity index (χ3n) is 5.94. The number of hydrogen-bond acceptors (Lipinski definition) is 0. The first kappa shape index (κ1) is 30.9. The van der Waals surface area contributed by atoms with Gasteiger partial charge in [-0.1, -0.05) is 79.1 Å². The molecule has 0 heterocycles. The second kappa shape index (κ2) is 24.0. The van der Waals surface area contributed by atoms with Crippen LogP contribution < -0.4 is 0 Å². The maximum atomic E-state index is 9.67. The Bertz CT molecular complexity index is 242. The molecule has 0 saturated heterocycles. The quantitative estimate of drug-likeness (QED) is 0.135. The van der Waals surface area contributed by atoms with Gasteiger partial charge in [0.1, 0.15) is 0 Å². The van der Waals surface area contributed by atoms with E-state index in [4.69, 9.17) is 0 Å². The maximum absolute atomic E-state index is 9.67. The van der Waals surface area contributed by atoms with Gasteiger partial charge in [-0.25, -0.2) is 0 Å². The van der Waals surface area contributed by atoms with Crippen LogP contribution in [0.3, 0.4) is 0 Å². The van der Waals surface area contributed by atoms with E-state index in [2.05, 4.69) is 27.7 Å². The van der Waals surface area contributed by atoms with Crippen molar-refractivity contribution >= 4 is 0 Å². The number of nitrogens with zero attached hydrogens (tertiary/aromatic N) is 1. The van der Waals surface area contributed by atoms with Gasteiger partial charge in [0.2, 0.25) is 0 Å². The first-order valence-corrected chi connectivity index (χ1v) is 12.7. The molecule has 0 aliphatic carbocycles. The summed E-state index contributed by atoms with van der Waals surface area (Å²) < 4.78 is 30.5. The van der Waals surface area contributed by atoms with Gasteiger partial charge in [0.25, 0.3) is 0 Å². The van der Waals surface area contributed by atoms with Crippen LogP contribution in [0.25, 0.3) is 0 Å². The van der Waals surface area contributed by atoms with Crippen LogP contribution in [0.15, 0.2) is 0 Å². The van der Waals surface area contributed by atoms with Crippen molar-refractivity contribution in [1.82, 2.24) is 0 Å². The monoisotopic (exact) mass is 424 g/mol. The smallest absolute Gasteiger partial charge is 0.324 e. The maximum Gasteiger partial charge on any atom is 0.379 e. The highest BCUT2D eigenvalue weighted by molar-refractivity contribution is 4.53. The minimum atomic E-state index is -3.67. The van der Waals surface area contributed by atoms with Crippen LogP contribution in [0.5, 0.6) is 0 Å². The molecular weight excluding hydrogens is 371 g/mol. The van der Waals surface area contributed by atoms with Crippen LogP contribution in [0.2, 0.25) is 0 Å².